The summed E-state index contributed by atoms with van der Waals surface area (Å²) in [7, 11) is 0. The first-order chi connectivity index (χ1) is 14.7. The van der Waals surface area contributed by atoms with Crippen LogP contribution in [0, 0.1) is 17.8 Å². The molecule has 0 spiro atoms. The molecular formula is C30H40. The van der Waals surface area contributed by atoms with Gasteiger partial charge in [-0.05, 0) is 79.5 Å². The molecule has 2 aromatic carbocycles. The van der Waals surface area contributed by atoms with Crippen molar-refractivity contribution in [3.05, 3.63) is 70.8 Å². The average molecular weight is 401 g/mol. The normalized spacial score (nSPS) is 19.7. The highest BCUT2D eigenvalue weighted by Gasteiger charge is 2.21. The maximum atomic E-state index is 3.67. The Bertz CT molecular complexity index is 809. The quantitative estimate of drug-likeness (QED) is 0.389. The van der Waals surface area contributed by atoms with Crippen LogP contribution in [-0.4, -0.2) is 0 Å². The summed E-state index contributed by atoms with van der Waals surface area (Å²) < 4.78 is 0. The number of hydrogen-bond acceptors (Lipinski definition) is 0. The maximum Gasteiger partial charge on any atom is 0.0280 e. The van der Waals surface area contributed by atoms with Crippen LogP contribution in [0.3, 0.4) is 0 Å². The summed E-state index contributed by atoms with van der Waals surface area (Å²) in [6, 6.07) is 18.3. The number of benzene rings is 2. The van der Waals surface area contributed by atoms with Gasteiger partial charge in [-0.1, -0.05) is 94.3 Å². The molecule has 1 aliphatic rings. The third-order valence-electron chi connectivity index (χ3n) is 6.94. The average Bonchev–Trinajstić information content (AvgIpc) is 2.81. The van der Waals surface area contributed by atoms with Crippen molar-refractivity contribution in [3.8, 4) is 11.8 Å². The first kappa shape index (κ1) is 22.7. The Balaban J connectivity index is 1.64. The van der Waals surface area contributed by atoms with Gasteiger partial charge in [0.2, 0.25) is 0 Å². The van der Waals surface area contributed by atoms with Crippen LogP contribution in [0.15, 0.2) is 48.5 Å². The van der Waals surface area contributed by atoms with E-state index in [0.717, 1.165) is 12.3 Å². The summed E-state index contributed by atoms with van der Waals surface area (Å²) in [5, 5.41) is 0. The van der Waals surface area contributed by atoms with E-state index in [0.29, 0.717) is 11.8 Å². The van der Waals surface area contributed by atoms with Crippen LogP contribution < -0.4 is 0 Å². The van der Waals surface area contributed by atoms with Crippen LogP contribution in [0.1, 0.15) is 113 Å². The van der Waals surface area contributed by atoms with Gasteiger partial charge in [-0.15, -0.1) is 0 Å². The molecule has 0 aliphatic heterocycles. The molecular weight excluding hydrogens is 360 g/mol. The summed E-state index contributed by atoms with van der Waals surface area (Å²) in [6.07, 6.45) is 12.6. The van der Waals surface area contributed by atoms with Crippen molar-refractivity contribution < 1.29 is 0 Å². The van der Waals surface area contributed by atoms with E-state index in [1.165, 1.54) is 80.0 Å². The minimum Gasteiger partial charge on any atom is -0.0945 e. The monoisotopic (exact) mass is 400 g/mol. The molecule has 0 bridgehead atoms. The first-order valence-electron chi connectivity index (χ1n) is 12.4. The molecule has 2 aromatic rings. The molecule has 0 saturated heterocycles. The van der Waals surface area contributed by atoms with Crippen LogP contribution in [-0.2, 0) is 6.42 Å². The van der Waals surface area contributed by atoms with Crippen LogP contribution >= 0.6 is 0 Å². The molecule has 30 heavy (non-hydrogen) atoms. The van der Waals surface area contributed by atoms with Crippen molar-refractivity contribution in [3.63, 3.8) is 0 Å². The predicted octanol–water partition coefficient (Wildman–Crippen LogP) is 8.65. The minimum atomic E-state index is 0.560. The predicted molar refractivity (Wildman–Crippen MR) is 131 cm³/mol. The fourth-order valence-corrected chi connectivity index (χ4v) is 5.00. The van der Waals surface area contributed by atoms with E-state index >= 15 is 0 Å². The van der Waals surface area contributed by atoms with Gasteiger partial charge in [-0.2, -0.15) is 0 Å². The zero-order valence-electron chi connectivity index (χ0n) is 19.4. The molecule has 1 atom stereocenters. The molecule has 1 saturated carbocycles. The van der Waals surface area contributed by atoms with E-state index in [1.54, 1.807) is 0 Å². The fraction of sp³-hybridized carbons (Fsp3) is 0.533. The van der Waals surface area contributed by atoms with E-state index in [-0.39, 0.29) is 0 Å². The number of unbranched alkanes of at least 4 members (excludes halogenated alkanes) is 1. The number of aryl methyl sites for hydroxylation is 1. The molecule has 3 rings (SSSR count). The Labute approximate surface area is 185 Å². The van der Waals surface area contributed by atoms with Gasteiger partial charge in [0.1, 0.15) is 0 Å². The highest BCUT2D eigenvalue weighted by atomic mass is 14.3. The van der Waals surface area contributed by atoms with Crippen molar-refractivity contribution in [2.75, 3.05) is 0 Å². The molecule has 0 N–H and O–H groups in total. The smallest absolute Gasteiger partial charge is 0.0280 e. The molecule has 0 radical (unpaired) electrons. The Morgan fingerprint density at radius 1 is 0.833 bits per heavy atom. The van der Waals surface area contributed by atoms with Crippen LogP contribution in [0.5, 0.6) is 0 Å². The SMILES string of the molecule is CCCCC(CCC)c1ccccc1C#CC1CCC(c2ccc(CC)cc2)CC1. The van der Waals surface area contributed by atoms with Crippen molar-refractivity contribution in [1.29, 1.82) is 0 Å². The van der Waals surface area contributed by atoms with Gasteiger partial charge in [0.05, 0.1) is 0 Å². The second-order valence-electron chi connectivity index (χ2n) is 9.13. The van der Waals surface area contributed by atoms with Crippen molar-refractivity contribution in [2.24, 2.45) is 5.92 Å². The summed E-state index contributed by atoms with van der Waals surface area (Å²) in [5.41, 5.74) is 5.74. The van der Waals surface area contributed by atoms with Crippen LogP contribution in [0.2, 0.25) is 0 Å². The molecule has 0 aromatic heterocycles. The Morgan fingerprint density at radius 2 is 1.57 bits per heavy atom. The van der Waals surface area contributed by atoms with E-state index in [9.17, 15) is 0 Å². The van der Waals surface area contributed by atoms with E-state index in [4.69, 9.17) is 0 Å². The van der Waals surface area contributed by atoms with Gasteiger partial charge in [0, 0.05) is 11.5 Å². The molecule has 160 valence electrons. The largest absolute Gasteiger partial charge is 0.0945 e. The van der Waals surface area contributed by atoms with E-state index in [1.807, 2.05) is 0 Å². The zero-order valence-corrected chi connectivity index (χ0v) is 19.4. The third-order valence-corrected chi connectivity index (χ3v) is 6.94. The summed E-state index contributed by atoms with van der Waals surface area (Å²) >= 11 is 0. The van der Waals surface area contributed by atoms with Gasteiger partial charge >= 0.3 is 0 Å². The van der Waals surface area contributed by atoms with Gasteiger partial charge in [0.25, 0.3) is 0 Å². The molecule has 1 unspecified atom stereocenters. The molecule has 1 fully saturated rings. The highest BCUT2D eigenvalue weighted by Crippen LogP contribution is 2.36. The number of rotatable bonds is 8. The lowest BCUT2D eigenvalue weighted by atomic mass is 9.78. The summed E-state index contributed by atoms with van der Waals surface area (Å²) in [4.78, 5) is 0. The van der Waals surface area contributed by atoms with Crippen molar-refractivity contribution in [2.45, 2.75) is 96.8 Å². The molecule has 0 heterocycles. The minimum absolute atomic E-state index is 0.560. The van der Waals surface area contributed by atoms with Gasteiger partial charge in [-0.3, -0.25) is 0 Å². The second kappa shape index (κ2) is 12.0. The van der Waals surface area contributed by atoms with E-state index < -0.39 is 0 Å². The molecule has 0 nitrogen and oxygen atoms in total. The highest BCUT2D eigenvalue weighted by molar-refractivity contribution is 5.43. The third kappa shape index (κ3) is 6.25. The van der Waals surface area contributed by atoms with Gasteiger partial charge in [-0.25, -0.2) is 0 Å². The topological polar surface area (TPSA) is 0 Å². The van der Waals surface area contributed by atoms with Crippen LogP contribution in [0.25, 0.3) is 0 Å². The summed E-state index contributed by atoms with van der Waals surface area (Å²) in [5.74, 6) is 9.24. The summed E-state index contributed by atoms with van der Waals surface area (Å²) in [6.45, 7) is 6.83. The zero-order chi connectivity index (χ0) is 21.2. The lowest BCUT2D eigenvalue weighted by Gasteiger charge is -2.26. The Kier molecular flexibility index (Phi) is 9.07. The lowest BCUT2D eigenvalue weighted by Crippen LogP contribution is -2.12. The van der Waals surface area contributed by atoms with Crippen LogP contribution in [0.4, 0.5) is 0 Å². The fourth-order valence-electron chi connectivity index (χ4n) is 5.00. The molecule has 0 heteroatoms. The second-order valence-corrected chi connectivity index (χ2v) is 9.13. The van der Waals surface area contributed by atoms with E-state index in [2.05, 4.69) is 81.1 Å². The number of hydrogen-bond donors (Lipinski definition) is 0. The first-order valence-corrected chi connectivity index (χ1v) is 12.4. The maximum absolute atomic E-state index is 3.67. The van der Waals surface area contributed by atoms with Gasteiger partial charge in [0.15, 0.2) is 0 Å². The lowest BCUT2D eigenvalue weighted by molar-refractivity contribution is 0.384. The van der Waals surface area contributed by atoms with Crippen molar-refractivity contribution in [1.82, 2.24) is 0 Å². The molecule has 1 aliphatic carbocycles. The Morgan fingerprint density at radius 3 is 2.23 bits per heavy atom. The molecule has 0 amide bonds. The van der Waals surface area contributed by atoms with Crippen molar-refractivity contribution >= 4 is 0 Å². The standard InChI is InChI=1S/C30H40/c1-4-7-11-28(10-5-2)30-13-9-8-12-29(30)23-18-25-16-21-27(22-17-25)26-19-14-24(6-3)15-20-26/h8-9,12-15,19-20,25,27-28H,4-7,10-11,16-17,21-22H2,1-3H3. The Hall–Kier alpha value is -2.00. The van der Waals surface area contributed by atoms with Gasteiger partial charge < -0.3 is 0 Å².